The van der Waals surface area contributed by atoms with Crippen LogP contribution in [0.15, 0.2) is 40.8 Å². The third-order valence-corrected chi connectivity index (χ3v) is 7.77. The molecule has 2 aliphatic rings. The Bertz CT molecular complexity index is 1570. The van der Waals surface area contributed by atoms with Gasteiger partial charge in [0.1, 0.15) is 11.8 Å². The molecule has 1 saturated carbocycles. The number of hydrogen-bond acceptors (Lipinski definition) is 9. The molecular formula is C31H37F3N6O3. The van der Waals surface area contributed by atoms with E-state index in [0.717, 1.165) is 31.3 Å². The van der Waals surface area contributed by atoms with Gasteiger partial charge in [0.15, 0.2) is 0 Å². The molecule has 0 spiro atoms. The molecule has 2 heterocycles. The number of hydrogen-bond donors (Lipinski definition) is 3. The zero-order chi connectivity index (χ0) is 30.8. The second-order valence-electron chi connectivity index (χ2n) is 12.2. The lowest BCUT2D eigenvalue weighted by Gasteiger charge is -2.29. The fraction of sp³-hybridized carbons (Fsp3) is 0.484. The third-order valence-electron chi connectivity index (χ3n) is 7.77. The lowest BCUT2D eigenvalue weighted by molar-refractivity contribution is -0.125. The molecule has 0 amide bonds. The van der Waals surface area contributed by atoms with E-state index in [1.165, 1.54) is 0 Å². The van der Waals surface area contributed by atoms with Crippen LogP contribution in [0.3, 0.4) is 0 Å². The fourth-order valence-electron chi connectivity index (χ4n) is 5.61. The molecule has 0 saturated heterocycles. The Balaban J connectivity index is 1.34. The van der Waals surface area contributed by atoms with Crippen molar-refractivity contribution in [2.24, 2.45) is 5.41 Å². The summed E-state index contributed by atoms with van der Waals surface area (Å²) in [5.41, 5.74) is 8.18. The number of nitrogens with zero attached hydrogens (tertiary/aromatic N) is 3. The van der Waals surface area contributed by atoms with E-state index in [4.69, 9.17) is 19.9 Å². The maximum atomic E-state index is 12.9. The van der Waals surface area contributed by atoms with Gasteiger partial charge in [-0.2, -0.15) is 13.2 Å². The van der Waals surface area contributed by atoms with Gasteiger partial charge in [0.2, 0.25) is 0 Å². The Morgan fingerprint density at radius 2 is 1.86 bits per heavy atom. The number of rotatable bonds is 7. The van der Waals surface area contributed by atoms with Gasteiger partial charge in [-0.15, -0.1) is 5.10 Å². The molecule has 0 aliphatic heterocycles. The van der Waals surface area contributed by atoms with Gasteiger partial charge in [-0.1, -0.05) is 56.6 Å². The number of nitrogens with one attached hydrogen (secondary N) is 2. The van der Waals surface area contributed by atoms with Gasteiger partial charge in [0, 0.05) is 29.4 Å². The first-order valence-electron chi connectivity index (χ1n) is 14.5. The summed E-state index contributed by atoms with van der Waals surface area (Å²) in [5, 5.41) is 15.5. The molecule has 3 aromatic rings. The Kier molecular flexibility index (Phi) is 8.77. The van der Waals surface area contributed by atoms with Gasteiger partial charge in [-0.25, -0.2) is 9.78 Å². The van der Waals surface area contributed by atoms with Gasteiger partial charge in [0.05, 0.1) is 17.5 Å². The van der Waals surface area contributed by atoms with Crippen LogP contribution in [0, 0.1) is 5.41 Å². The van der Waals surface area contributed by atoms with Crippen LogP contribution in [0.1, 0.15) is 69.7 Å². The largest absolute Gasteiger partial charge is 0.459 e. The fourth-order valence-corrected chi connectivity index (χ4v) is 5.61. The number of benzene rings is 1. The Hall–Kier alpha value is -3.93. The van der Waals surface area contributed by atoms with Crippen molar-refractivity contribution in [2.75, 3.05) is 17.6 Å². The summed E-state index contributed by atoms with van der Waals surface area (Å²) in [7, 11) is 0. The number of carbonyl (C=O) groups is 1. The van der Waals surface area contributed by atoms with Crippen molar-refractivity contribution in [1.29, 1.82) is 0 Å². The number of aromatic nitrogens is 3. The van der Waals surface area contributed by atoms with Gasteiger partial charge in [-0.05, 0) is 54.9 Å². The highest BCUT2D eigenvalue weighted by atomic mass is 19.4. The van der Waals surface area contributed by atoms with E-state index in [2.05, 4.69) is 20.8 Å². The number of fused-ring (bicyclic) bond motifs is 1. The number of nitrogens with two attached hydrogens (primary N) is 1. The number of ether oxygens (including phenoxy) is 1. The number of halogens is 3. The average Bonchev–Trinajstić information content (AvgIpc) is 3.30. The highest BCUT2D eigenvalue weighted by Crippen LogP contribution is 2.31. The molecule has 1 fully saturated rings. The Labute approximate surface area is 247 Å². The van der Waals surface area contributed by atoms with E-state index < -0.39 is 18.8 Å². The summed E-state index contributed by atoms with van der Waals surface area (Å²) >= 11 is 0. The number of alkyl halides is 3. The molecule has 2 aromatic heterocycles. The lowest BCUT2D eigenvalue weighted by Crippen LogP contribution is -2.46. The van der Waals surface area contributed by atoms with Crippen LogP contribution in [-0.4, -0.2) is 52.1 Å². The van der Waals surface area contributed by atoms with E-state index in [1.807, 2.05) is 26.8 Å². The van der Waals surface area contributed by atoms with E-state index >= 15 is 0 Å². The van der Waals surface area contributed by atoms with Crippen molar-refractivity contribution in [2.45, 2.75) is 83.7 Å². The summed E-state index contributed by atoms with van der Waals surface area (Å²) in [6.45, 7) is 4.89. The molecular weight excluding hydrogens is 561 g/mol. The number of nitrogen functional groups attached to an aromatic ring is 1. The molecule has 43 heavy (non-hydrogen) atoms. The number of carbonyl (C=O) groups excluding carboxylic acids is 1. The zero-order valence-electron chi connectivity index (χ0n) is 24.5. The Morgan fingerprint density at radius 3 is 2.58 bits per heavy atom. The molecule has 4 N–H and O–H groups in total. The molecule has 3 unspecified atom stereocenters. The number of pyridine rings is 1. The molecule has 230 valence electrons. The predicted molar refractivity (Wildman–Crippen MR) is 157 cm³/mol. The quantitative estimate of drug-likeness (QED) is 0.264. The third kappa shape index (κ3) is 7.73. The van der Waals surface area contributed by atoms with Crippen molar-refractivity contribution in [3.63, 3.8) is 0 Å². The number of anilines is 2. The second-order valence-corrected chi connectivity index (χ2v) is 12.2. The standard InChI is InChI=1S/C31H37F3N6O3/c1-30(2,3)23-15-20(36-17-31(32,33)34)14-22-24(35)16-25(38-26(22)23)27-39-40-29(43-27)37-19-11-7-8-12-21(13-19)42-28(41)18-9-5-4-6-10-18/h4-6,9-10,14,16,19-21,36H,7-8,11-13,15,17,35H2,1-3H3,(H,37,40). The van der Waals surface area contributed by atoms with Crippen LogP contribution in [-0.2, 0) is 4.74 Å². The van der Waals surface area contributed by atoms with E-state index in [0.29, 0.717) is 40.4 Å². The average molecular weight is 599 g/mol. The molecule has 1 aromatic carbocycles. The van der Waals surface area contributed by atoms with Gasteiger partial charge in [-0.3, -0.25) is 0 Å². The second kappa shape index (κ2) is 12.4. The van der Waals surface area contributed by atoms with Gasteiger partial charge in [0.25, 0.3) is 5.89 Å². The van der Waals surface area contributed by atoms with Crippen molar-refractivity contribution in [3.8, 4) is 11.6 Å². The number of esters is 1. The zero-order valence-corrected chi connectivity index (χ0v) is 24.5. The molecule has 12 heteroatoms. The Morgan fingerprint density at radius 1 is 1.12 bits per heavy atom. The first-order valence-corrected chi connectivity index (χ1v) is 14.5. The first-order chi connectivity index (χ1) is 20.4. The summed E-state index contributed by atoms with van der Waals surface area (Å²) in [4.78, 5) is 17.4. The van der Waals surface area contributed by atoms with Crippen LogP contribution in [0.2, 0.25) is 0 Å². The van der Waals surface area contributed by atoms with Crippen LogP contribution >= 0.6 is 0 Å². The monoisotopic (exact) mass is 598 g/mol. The first kappa shape index (κ1) is 30.5. The smallest absolute Gasteiger partial charge is 0.401 e. The van der Waals surface area contributed by atoms with Crippen LogP contribution < -0.4 is 26.9 Å². The molecule has 0 bridgehead atoms. The van der Waals surface area contributed by atoms with Gasteiger partial charge < -0.3 is 25.5 Å². The maximum Gasteiger partial charge on any atom is 0.401 e. The van der Waals surface area contributed by atoms with Gasteiger partial charge >= 0.3 is 18.2 Å². The highest BCUT2D eigenvalue weighted by molar-refractivity contribution is 5.89. The minimum Gasteiger partial charge on any atom is -0.459 e. The van der Waals surface area contributed by atoms with Crippen molar-refractivity contribution >= 4 is 29.3 Å². The topological polar surface area (TPSA) is 128 Å². The van der Waals surface area contributed by atoms with Crippen molar-refractivity contribution in [1.82, 2.24) is 20.5 Å². The van der Waals surface area contributed by atoms with Crippen LogP contribution in [0.25, 0.3) is 23.2 Å². The van der Waals surface area contributed by atoms with Crippen molar-refractivity contribution in [3.05, 3.63) is 52.5 Å². The molecule has 9 nitrogen and oxygen atoms in total. The maximum absolute atomic E-state index is 12.9. The van der Waals surface area contributed by atoms with E-state index in [-0.39, 0.29) is 35.4 Å². The highest BCUT2D eigenvalue weighted by Gasteiger charge is 2.31. The summed E-state index contributed by atoms with van der Waals surface area (Å²) in [5.74, 6) is -0.170. The summed E-state index contributed by atoms with van der Waals surface area (Å²) in [6, 6.07) is 10.2. The van der Waals surface area contributed by atoms with E-state index in [1.54, 1.807) is 36.4 Å². The SMILES string of the molecule is CC(C)(C)C1=c2nc(-c3nnc(NC4CCCCC(OC(=O)c5ccccc5)C4)o3)cc(N)c2=CC(NCC(F)(F)F)C1. The summed E-state index contributed by atoms with van der Waals surface area (Å²) in [6.07, 6.45) is 1.63. The molecule has 2 aliphatic carbocycles. The van der Waals surface area contributed by atoms with Crippen LogP contribution in [0.5, 0.6) is 0 Å². The van der Waals surface area contributed by atoms with Crippen LogP contribution in [0.4, 0.5) is 24.9 Å². The summed E-state index contributed by atoms with van der Waals surface area (Å²) < 4.78 is 50.4. The minimum absolute atomic E-state index is 0.0394. The molecule has 0 radical (unpaired) electrons. The van der Waals surface area contributed by atoms with E-state index in [9.17, 15) is 18.0 Å². The molecule has 5 rings (SSSR count). The lowest BCUT2D eigenvalue weighted by atomic mass is 9.80. The molecule has 3 atom stereocenters. The normalized spacial score (nSPS) is 21.0. The predicted octanol–water partition coefficient (Wildman–Crippen LogP) is 4.59. The van der Waals surface area contributed by atoms with Crippen molar-refractivity contribution < 1.29 is 27.1 Å². The minimum atomic E-state index is -4.32.